The van der Waals surface area contributed by atoms with Gasteiger partial charge in [-0.2, -0.15) is 0 Å². The number of benzene rings is 2. The van der Waals surface area contributed by atoms with E-state index in [-0.39, 0.29) is 62.9 Å². The molecule has 0 bridgehead atoms. The average Bonchev–Trinajstić information content (AvgIpc) is 3.20. The maximum absolute atomic E-state index is 13.9. The van der Waals surface area contributed by atoms with Gasteiger partial charge in [-0.3, -0.25) is 29.3 Å². The molecule has 202 valence electrons. The number of anilines is 1. The lowest BCUT2D eigenvalue weighted by molar-refractivity contribution is -0.384. The van der Waals surface area contributed by atoms with E-state index in [0.717, 1.165) is 10.5 Å². The van der Waals surface area contributed by atoms with Crippen molar-refractivity contribution in [1.29, 1.82) is 0 Å². The number of hydrogen-bond donors (Lipinski definition) is 1. The first-order chi connectivity index (χ1) is 19.1. The Bertz CT molecular complexity index is 1650. The zero-order valence-electron chi connectivity index (χ0n) is 21.0. The molecule has 4 atom stereocenters. The number of methoxy groups -OCH3 is 1. The quantitative estimate of drug-likeness (QED) is 0.179. The van der Waals surface area contributed by atoms with Gasteiger partial charge in [0.05, 0.1) is 34.0 Å². The number of amides is 2. The van der Waals surface area contributed by atoms with E-state index in [1.54, 1.807) is 12.1 Å². The lowest BCUT2D eigenvalue weighted by Crippen LogP contribution is -2.39. The van der Waals surface area contributed by atoms with Crippen molar-refractivity contribution in [1.82, 2.24) is 0 Å². The van der Waals surface area contributed by atoms with Crippen molar-refractivity contribution >= 4 is 50.7 Å². The van der Waals surface area contributed by atoms with Crippen LogP contribution in [0.5, 0.6) is 11.5 Å². The Labute approximate surface area is 235 Å². The second-order valence-corrected chi connectivity index (χ2v) is 11.0. The normalized spacial score (nSPS) is 25.7. The fourth-order valence-corrected chi connectivity index (χ4v) is 6.92. The summed E-state index contributed by atoms with van der Waals surface area (Å²) in [5, 5.41) is 21.9. The topological polar surface area (TPSA) is 144 Å². The minimum absolute atomic E-state index is 0.0796. The van der Waals surface area contributed by atoms with E-state index in [4.69, 9.17) is 4.74 Å². The number of rotatable bonds is 4. The maximum atomic E-state index is 13.9. The molecule has 0 radical (unpaired) electrons. The zero-order chi connectivity index (χ0) is 28.5. The van der Waals surface area contributed by atoms with E-state index in [0.29, 0.717) is 5.56 Å². The average molecular weight is 605 g/mol. The highest BCUT2D eigenvalue weighted by molar-refractivity contribution is 9.12. The fourth-order valence-electron chi connectivity index (χ4n) is 6.47. The van der Waals surface area contributed by atoms with Gasteiger partial charge in [0.15, 0.2) is 23.1 Å². The molecule has 0 aromatic heterocycles. The predicted octanol–water partition coefficient (Wildman–Crippen LogP) is 4.28. The number of nitrogens with zero attached hydrogens (tertiary/aromatic N) is 2. The number of ketones is 2. The predicted molar refractivity (Wildman–Crippen MR) is 145 cm³/mol. The molecule has 4 unspecified atom stereocenters. The largest absolute Gasteiger partial charge is 0.504 e. The SMILES string of the molecule is COc1ccc(C2C3=CCC4C(=O)N(c5cccc([N+](=O)[O-])c5)C(=O)C4C3CC3=C2C(=O)C=C(Br)C3=O)cc1O. The van der Waals surface area contributed by atoms with Gasteiger partial charge in [-0.1, -0.05) is 23.8 Å². The number of halogens is 1. The molecule has 2 aromatic rings. The van der Waals surface area contributed by atoms with Crippen molar-refractivity contribution in [3.05, 3.63) is 91.5 Å². The molecule has 11 heteroatoms. The standard InChI is InChI=1S/C29H21BrN2O8/c1-40-23-8-5-13(9-21(23)33)24-16-6-7-17-25(18(16)11-19-26(24)22(34)12-20(30)27(19)35)29(37)31(28(17)36)14-3-2-4-15(10-14)32(38)39/h2-6,8-10,12,17-18,24-25,33H,7,11H2,1H3. The number of imide groups is 1. The third kappa shape index (κ3) is 3.75. The van der Waals surface area contributed by atoms with Crippen LogP contribution in [0.25, 0.3) is 0 Å². The third-order valence-electron chi connectivity index (χ3n) is 8.17. The van der Waals surface area contributed by atoms with Crippen LogP contribution in [0.2, 0.25) is 0 Å². The highest BCUT2D eigenvalue weighted by atomic mass is 79.9. The van der Waals surface area contributed by atoms with Gasteiger partial charge in [-0.15, -0.1) is 0 Å². The minimum Gasteiger partial charge on any atom is -0.504 e. The van der Waals surface area contributed by atoms with Gasteiger partial charge < -0.3 is 9.84 Å². The van der Waals surface area contributed by atoms with Crippen molar-refractivity contribution in [3.8, 4) is 11.5 Å². The first-order valence-electron chi connectivity index (χ1n) is 12.5. The van der Waals surface area contributed by atoms with Crippen LogP contribution in [0.15, 0.2) is 75.8 Å². The Kier molecular flexibility index (Phi) is 6.06. The number of allylic oxidation sites excluding steroid dienone is 6. The van der Waals surface area contributed by atoms with Gasteiger partial charge >= 0.3 is 0 Å². The third-order valence-corrected chi connectivity index (χ3v) is 8.76. The van der Waals surface area contributed by atoms with Gasteiger partial charge in [-0.05, 0) is 58.5 Å². The van der Waals surface area contributed by atoms with Crippen LogP contribution >= 0.6 is 15.9 Å². The Morgan fingerprint density at radius 1 is 1.07 bits per heavy atom. The minimum atomic E-state index is -0.831. The number of fused-ring (bicyclic) bond motifs is 3. The van der Waals surface area contributed by atoms with Crippen LogP contribution in [-0.4, -0.2) is 40.5 Å². The van der Waals surface area contributed by atoms with Crippen molar-refractivity contribution in [2.24, 2.45) is 17.8 Å². The first-order valence-corrected chi connectivity index (χ1v) is 13.3. The van der Waals surface area contributed by atoms with E-state index in [9.17, 15) is 34.4 Å². The number of non-ortho nitro benzene ring substituents is 1. The molecule has 0 saturated carbocycles. The molecule has 10 nitrogen and oxygen atoms in total. The Balaban J connectivity index is 1.47. The number of nitro groups is 1. The summed E-state index contributed by atoms with van der Waals surface area (Å²) in [5.41, 5.74) is 1.67. The molecule has 1 aliphatic heterocycles. The van der Waals surface area contributed by atoms with Crippen LogP contribution in [0.4, 0.5) is 11.4 Å². The molecular weight excluding hydrogens is 584 g/mol. The molecule has 2 amide bonds. The molecule has 3 aliphatic carbocycles. The molecule has 1 saturated heterocycles. The highest BCUT2D eigenvalue weighted by Crippen LogP contribution is 2.56. The summed E-state index contributed by atoms with van der Waals surface area (Å²) in [6, 6.07) is 10.1. The number of nitro benzene ring substituents is 1. The molecule has 6 rings (SSSR count). The number of hydrogen-bond acceptors (Lipinski definition) is 8. The molecule has 4 aliphatic rings. The first kappa shape index (κ1) is 25.9. The highest BCUT2D eigenvalue weighted by Gasteiger charge is 2.56. The molecule has 1 N–H and O–H groups in total. The number of ether oxygens (including phenoxy) is 1. The lowest BCUT2D eigenvalue weighted by atomic mass is 9.59. The van der Waals surface area contributed by atoms with E-state index < -0.39 is 40.4 Å². The van der Waals surface area contributed by atoms with Gasteiger partial charge in [0, 0.05) is 35.3 Å². The molecule has 40 heavy (non-hydrogen) atoms. The second kappa shape index (κ2) is 9.37. The van der Waals surface area contributed by atoms with Crippen LogP contribution in [0, 0.1) is 27.9 Å². The summed E-state index contributed by atoms with van der Waals surface area (Å²) in [4.78, 5) is 65.8. The molecule has 1 heterocycles. The number of carbonyl (C=O) groups is 4. The van der Waals surface area contributed by atoms with Crippen molar-refractivity contribution in [3.63, 3.8) is 0 Å². The lowest BCUT2D eigenvalue weighted by Gasteiger charge is -2.42. The monoisotopic (exact) mass is 604 g/mol. The summed E-state index contributed by atoms with van der Waals surface area (Å²) in [5.74, 6) is -4.46. The number of aromatic hydroxyl groups is 1. The van der Waals surface area contributed by atoms with Gasteiger partial charge in [0.1, 0.15) is 0 Å². The van der Waals surface area contributed by atoms with Crippen molar-refractivity contribution < 1.29 is 33.9 Å². The van der Waals surface area contributed by atoms with Crippen LogP contribution < -0.4 is 9.64 Å². The van der Waals surface area contributed by atoms with Gasteiger partial charge in [0.25, 0.3) is 5.69 Å². The summed E-state index contributed by atoms with van der Waals surface area (Å²) < 4.78 is 5.28. The molecular formula is C29H21BrN2O8. The fraction of sp³-hybridized carbons (Fsp3) is 0.241. The number of Topliss-reactive ketones (excluding diaryl/α,β-unsaturated/α-hetero) is 1. The van der Waals surface area contributed by atoms with E-state index in [1.165, 1.54) is 43.5 Å². The molecule has 0 spiro atoms. The molecule has 2 aromatic carbocycles. The van der Waals surface area contributed by atoms with Gasteiger partial charge in [-0.25, -0.2) is 4.90 Å². The van der Waals surface area contributed by atoms with Crippen LogP contribution in [-0.2, 0) is 19.2 Å². The number of phenols is 1. The Hall–Kier alpha value is -4.38. The van der Waals surface area contributed by atoms with Crippen LogP contribution in [0.1, 0.15) is 24.3 Å². The maximum Gasteiger partial charge on any atom is 0.271 e. The van der Waals surface area contributed by atoms with Crippen LogP contribution in [0.3, 0.4) is 0 Å². The molecule has 1 fully saturated rings. The van der Waals surface area contributed by atoms with Crippen molar-refractivity contribution in [2.45, 2.75) is 18.8 Å². The second-order valence-electron chi connectivity index (χ2n) is 10.1. The Morgan fingerprint density at radius 3 is 2.55 bits per heavy atom. The summed E-state index contributed by atoms with van der Waals surface area (Å²) in [6.07, 6.45) is 3.39. The van der Waals surface area contributed by atoms with E-state index >= 15 is 0 Å². The summed E-state index contributed by atoms with van der Waals surface area (Å²) in [6.45, 7) is 0. The summed E-state index contributed by atoms with van der Waals surface area (Å²) in [7, 11) is 1.41. The number of phenolic OH excluding ortho intramolecular Hbond substituents is 1. The zero-order valence-corrected chi connectivity index (χ0v) is 22.6. The van der Waals surface area contributed by atoms with Gasteiger partial charge in [0.2, 0.25) is 11.8 Å². The Morgan fingerprint density at radius 2 is 1.85 bits per heavy atom. The van der Waals surface area contributed by atoms with E-state index in [1.807, 2.05) is 6.08 Å². The number of carbonyl (C=O) groups excluding carboxylic acids is 4. The van der Waals surface area contributed by atoms with Crippen molar-refractivity contribution in [2.75, 3.05) is 12.0 Å². The van der Waals surface area contributed by atoms with E-state index in [2.05, 4.69) is 15.9 Å². The smallest absolute Gasteiger partial charge is 0.271 e. The summed E-state index contributed by atoms with van der Waals surface area (Å²) >= 11 is 3.19.